The minimum atomic E-state index is -5.92. The van der Waals surface area contributed by atoms with Crippen molar-refractivity contribution in [1.82, 2.24) is 9.97 Å². The molecular weight excluding hydrogens is 261 g/mol. The van der Waals surface area contributed by atoms with Crippen LogP contribution in [0.4, 0.5) is 27.9 Å². The van der Waals surface area contributed by atoms with Crippen molar-refractivity contribution in [3.05, 3.63) is 10.7 Å². The third-order valence-corrected chi connectivity index (χ3v) is 1.81. The molecule has 1 heterocycles. The molecule has 10 heteroatoms. The van der Waals surface area contributed by atoms with Gasteiger partial charge in [-0.05, 0) is 0 Å². The molecule has 0 amide bonds. The maximum atomic E-state index is 12.8. The highest BCUT2D eigenvalue weighted by Gasteiger charge is 2.61. The minimum absolute atomic E-state index is 0.718. The SMILES string of the molecule is Nc1nc(O)c(C(F)(F)C(F)(F)F)c(Cl)n1. The molecule has 90 valence electrons. The lowest BCUT2D eigenvalue weighted by atomic mass is 10.1. The van der Waals surface area contributed by atoms with Crippen LogP contribution in [0.15, 0.2) is 0 Å². The van der Waals surface area contributed by atoms with Gasteiger partial charge in [-0.1, -0.05) is 11.6 Å². The number of nitrogens with two attached hydrogens (primary N) is 1. The van der Waals surface area contributed by atoms with Crippen LogP contribution >= 0.6 is 11.6 Å². The lowest BCUT2D eigenvalue weighted by molar-refractivity contribution is -0.290. The van der Waals surface area contributed by atoms with Crippen LogP contribution in [-0.2, 0) is 5.92 Å². The standard InChI is InChI=1S/C6H3ClF5N3O/c7-2-1(3(16)15-4(13)14-2)5(8,9)6(10,11)12/h(H3,13,14,15,16). The van der Waals surface area contributed by atoms with E-state index in [0.29, 0.717) is 0 Å². The van der Waals surface area contributed by atoms with Gasteiger partial charge in [-0.15, -0.1) is 0 Å². The van der Waals surface area contributed by atoms with E-state index in [0.717, 1.165) is 0 Å². The fourth-order valence-electron chi connectivity index (χ4n) is 0.850. The van der Waals surface area contributed by atoms with Gasteiger partial charge in [-0.2, -0.15) is 26.9 Å². The molecule has 0 radical (unpaired) electrons. The van der Waals surface area contributed by atoms with Crippen molar-refractivity contribution >= 4 is 17.5 Å². The van der Waals surface area contributed by atoms with Crippen LogP contribution in [0.1, 0.15) is 5.56 Å². The summed E-state index contributed by atoms with van der Waals surface area (Å²) in [6.07, 6.45) is -5.92. The Morgan fingerprint density at radius 1 is 1.12 bits per heavy atom. The molecule has 0 bridgehead atoms. The molecule has 4 nitrogen and oxygen atoms in total. The van der Waals surface area contributed by atoms with Crippen LogP contribution in [0.2, 0.25) is 5.15 Å². The van der Waals surface area contributed by atoms with E-state index in [2.05, 4.69) is 9.97 Å². The maximum Gasteiger partial charge on any atom is 0.458 e. The predicted octanol–water partition coefficient (Wildman–Crippen LogP) is 2.07. The zero-order valence-corrected chi connectivity index (χ0v) is 7.94. The van der Waals surface area contributed by atoms with Crippen molar-refractivity contribution in [3.63, 3.8) is 0 Å². The molecule has 0 unspecified atom stereocenters. The number of halogens is 6. The summed E-state index contributed by atoms with van der Waals surface area (Å²) in [4.78, 5) is 5.68. The summed E-state index contributed by atoms with van der Waals surface area (Å²) < 4.78 is 61.6. The van der Waals surface area contributed by atoms with E-state index in [1.165, 1.54) is 0 Å². The van der Waals surface area contributed by atoms with Gasteiger partial charge >= 0.3 is 12.1 Å². The van der Waals surface area contributed by atoms with Crippen molar-refractivity contribution < 1.29 is 27.1 Å². The highest BCUT2D eigenvalue weighted by atomic mass is 35.5. The Morgan fingerprint density at radius 2 is 1.62 bits per heavy atom. The number of nitrogen functional groups attached to an aromatic ring is 1. The van der Waals surface area contributed by atoms with E-state index in [4.69, 9.17) is 22.4 Å². The number of aromatic nitrogens is 2. The molecular formula is C6H3ClF5N3O. The summed E-state index contributed by atoms with van der Waals surface area (Å²) in [5.74, 6) is -7.69. The molecule has 0 atom stereocenters. The van der Waals surface area contributed by atoms with E-state index < -0.39 is 34.6 Å². The topological polar surface area (TPSA) is 72.0 Å². The zero-order chi connectivity index (χ0) is 12.7. The number of nitrogens with zero attached hydrogens (tertiary/aromatic N) is 2. The summed E-state index contributed by atoms with van der Waals surface area (Å²) in [6, 6.07) is 0. The summed E-state index contributed by atoms with van der Waals surface area (Å²) in [5.41, 5.74) is 2.97. The molecule has 0 aliphatic carbocycles. The van der Waals surface area contributed by atoms with Crippen LogP contribution in [-0.4, -0.2) is 21.3 Å². The lowest BCUT2D eigenvalue weighted by Gasteiger charge is -2.20. The van der Waals surface area contributed by atoms with Gasteiger partial charge in [0.2, 0.25) is 11.8 Å². The average molecular weight is 264 g/mol. The Labute approximate surface area is 89.9 Å². The molecule has 0 saturated carbocycles. The zero-order valence-electron chi connectivity index (χ0n) is 7.19. The third-order valence-electron chi connectivity index (χ3n) is 1.53. The number of rotatable bonds is 1. The van der Waals surface area contributed by atoms with Crippen LogP contribution < -0.4 is 5.73 Å². The molecule has 1 rings (SSSR count). The van der Waals surface area contributed by atoms with E-state index >= 15 is 0 Å². The lowest BCUT2D eigenvalue weighted by Crippen LogP contribution is -2.34. The number of hydrogen-bond acceptors (Lipinski definition) is 4. The molecule has 1 aromatic heterocycles. The first-order valence-electron chi connectivity index (χ1n) is 3.54. The van der Waals surface area contributed by atoms with Gasteiger partial charge in [0.25, 0.3) is 0 Å². The van der Waals surface area contributed by atoms with Gasteiger partial charge in [-0.25, -0.2) is 4.98 Å². The Bertz CT molecular complexity index is 398. The maximum absolute atomic E-state index is 12.8. The first kappa shape index (κ1) is 12.7. The van der Waals surface area contributed by atoms with Gasteiger partial charge < -0.3 is 10.8 Å². The second-order valence-corrected chi connectivity index (χ2v) is 3.00. The molecule has 0 aliphatic rings. The Hall–Kier alpha value is -1.38. The number of aromatic hydroxyl groups is 1. The molecule has 1 aromatic rings. The normalized spacial score (nSPS) is 12.9. The summed E-state index contributed by atoms with van der Waals surface area (Å²) >= 11 is 5.05. The van der Waals surface area contributed by atoms with Crippen LogP contribution in [0.3, 0.4) is 0 Å². The molecule has 0 saturated heterocycles. The van der Waals surface area contributed by atoms with Gasteiger partial charge in [0.15, 0.2) is 0 Å². The third kappa shape index (κ3) is 1.94. The first-order valence-corrected chi connectivity index (χ1v) is 3.92. The van der Waals surface area contributed by atoms with Crippen molar-refractivity contribution in [2.24, 2.45) is 0 Å². The highest BCUT2D eigenvalue weighted by Crippen LogP contribution is 2.48. The molecule has 0 fully saturated rings. The molecule has 16 heavy (non-hydrogen) atoms. The second-order valence-electron chi connectivity index (χ2n) is 2.64. The smallest absolute Gasteiger partial charge is 0.458 e. The van der Waals surface area contributed by atoms with Gasteiger partial charge in [0, 0.05) is 0 Å². The van der Waals surface area contributed by atoms with Gasteiger partial charge in [-0.3, -0.25) is 0 Å². The summed E-state index contributed by atoms with van der Waals surface area (Å²) in [7, 11) is 0. The summed E-state index contributed by atoms with van der Waals surface area (Å²) in [6.45, 7) is 0. The van der Waals surface area contributed by atoms with Crippen molar-refractivity contribution in [3.8, 4) is 5.88 Å². The molecule has 0 spiro atoms. The van der Waals surface area contributed by atoms with Crippen LogP contribution in [0, 0.1) is 0 Å². The Kier molecular flexibility index (Phi) is 2.84. The van der Waals surface area contributed by atoms with Gasteiger partial charge in [0.05, 0.1) is 0 Å². The predicted molar refractivity (Wildman–Crippen MR) is 43.1 cm³/mol. The van der Waals surface area contributed by atoms with Crippen LogP contribution in [0.5, 0.6) is 5.88 Å². The first-order chi connectivity index (χ1) is 7.07. The van der Waals surface area contributed by atoms with Crippen molar-refractivity contribution in [2.75, 3.05) is 5.73 Å². The van der Waals surface area contributed by atoms with E-state index in [-0.39, 0.29) is 0 Å². The van der Waals surface area contributed by atoms with E-state index in [1.807, 2.05) is 0 Å². The fraction of sp³-hybridized carbons (Fsp3) is 0.333. The largest absolute Gasteiger partial charge is 0.493 e. The monoisotopic (exact) mass is 263 g/mol. The molecule has 3 N–H and O–H groups in total. The van der Waals surface area contributed by atoms with E-state index in [1.54, 1.807) is 0 Å². The van der Waals surface area contributed by atoms with Crippen molar-refractivity contribution in [1.29, 1.82) is 0 Å². The number of alkyl halides is 5. The highest BCUT2D eigenvalue weighted by molar-refractivity contribution is 6.30. The number of hydrogen-bond donors (Lipinski definition) is 2. The second kappa shape index (κ2) is 3.58. The minimum Gasteiger partial charge on any atom is -0.493 e. The number of anilines is 1. The quantitative estimate of drug-likeness (QED) is 0.601. The Balaban J connectivity index is 3.45. The molecule has 0 aliphatic heterocycles. The van der Waals surface area contributed by atoms with Gasteiger partial charge in [0.1, 0.15) is 10.7 Å². The molecule has 0 aromatic carbocycles. The Morgan fingerprint density at radius 3 is 2.00 bits per heavy atom. The fourth-order valence-corrected chi connectivity index (χ4v) is 1.14. The van der Waals surface area contributed by atoms with E-state index in [9.17, 15) is 22.0 Å². The van der Waals surface area contributed by atoms with Crippen LogP contribution in [0.25, 0.3) is 0 Å². The average Bonchev–Trinajstić information content (AvgIpc) is 1.97. The van der Waals surface area contributed by atoms with Crippen molar-refractivity contribution in [2.45, 2.75) is 12.1 Å². The summed E-state index contributed by atoms with van der Waals surface area (Å²) in [5, 5.41) is 7.62.